The van der Waals surface area contributed by atoms with Crippen molar-refractivity contribution in [2.75, 3.05) is 26.2 Å². The summed E-state index contributed by atoms with van der Waals surface area (Å²) in [5.74, 6) is -1.57. The first-order chi connectivity index (χ1) is 7.98. The molecule has 1 N–H and O–H groups in total. The van der Waals surface area contributed by atoms with Gasteiger partial charge in [-0.15, -0.1) is 0 Å². The maximum Gasteiger partial charge on any atom is 0.393 e. The van der Waals surface area contributed by atoms with Gasteiger partial charge in [0, 0.05) is 19.6 Å². The first-order valence-electron chi connectivity index (χ1n) is 6.04. The second kappa shape index (κ2) is 4.84. The van der Waals surface area contributed by atoms with E-state index in [2.05, 4.69) is 5.32 Å². The van der Waals surface area contributed by atoms with E-state index in [0.717, 1.165) is 13.0 Å². The fraction of sp³-hybridized carbons (Fsp3) is 0.909. The summed E-state index contributed by atoms with van der Waals surface area (Å²) in [5, 5.41) is 3.06. The highest BCUT2D eigenvalue weighted by Crippen LogP contribution is 2.33. The Kier molecular flexibility index (Phi) is 3.61. The van der Waals surface area contributed by atoms with Gasteiger partial charge in [-0.3, -0.25) is 4.79 Å². The molecule has 0 aromatic rings. The van der Waals surface area contributed by atoms with E-state index in [1.54, 1.807) is 0 Å². The molecule has 0 saturated carbocycles. The molecule has 0 aliphatic carbocycles. The number of hydrogen-bond donors (Lipinski definition) is 1. The molecule has 2 saturated heterocycles. The summed E-state index contributed by atoms with van der Waals surface area (Å²) in [6.45, 7) is 1.71. The van der Waals surface area contributed by atoms with Crippen LogP contribution in [0.3, 0.4) is 0 Å². The largest absolute Gasteiger partial charge is 0.393 e. The number of carbonyl (C=O) groups is 1. The zero-order chi connectivity index (χ0) is 12.5. The van der Waals surface area contributed by atoms with Crippen LogP contribution in [0.15, 0.2) is 0 Å². The van der Waals surface area contributed by atoms with Gasteiger partial charge < -0.3 is 10.2 Å². The molecule has 98 valence electrons. The highest BCUT2D eigenvalue weighted by molar-refractivity contribution is 5.79. The Labute approximate surface area is 98.3 Å². The molecule has 2 heterocycles. The number of nitrogens with zero attached hydrogens (tertiary/aromatic N) is 1. The van der Waals surface area contributed by atoms with E-state index in [0.29, 0.717) is 19.5 Å². The minimum absolute atomic E-state index is 0.107. The Balaban J connectivity index is 1.94. The molecule has 2 atom stereocenters. The maximum absolute atomic E-state index is 12.6. The van der Waals surface area contributed by atoms with Crippen LogP contribution in [0.1, 0.15) is 19.3 Å². The second-order valence-corrected chi connectivity index (χ2v) is 4.85. The molecule has 2 rings (SSSR count). The molecule has 0 unspecified atom stereocenters. The Morgan fingerprint density at radius 2 is 2.06 bits per heavy atom. The van der Waals surface area contributed by atoms with E-state index in [-0.39, 0.29) is 24.8 Å². The highest BCUT2D eigenvalue weighted by Gasteiger charge is 2.43. The Bertz CT molecular complexity index is 287. The van der Waals surface area contributed by atoms with Crippen molar-refractivity contribution >= 4 is 5.91 Å². The number of nitrogens with one attached hydrogen (secondary N) is 1. The van der Waals surface area contributed by atoms with E-state index in [4.69, 9.17) is 0 Å². The van der Waals surface area contributed by atoms with Gasteiger partial charge in [0.05, 0.1) is 11.8 Å². The van der Waals surface area contributed by atoms with Crippen molar-refractivity contribution in [2.45, 2.75) is 25.4 Å². The minimum atomic E-state index is -4.17. The highest BCUT2D eigenvalue weighted by atomic mass is 19.4. The standard InChI is InChI=1S/C11H17F3N2O/c12-11(13,14)9-2-1-5-16(7-9)10(17)8-3-4-15-6-8/h8-9,15H,1-7H2/t8-,9-/m1/s1. The van der Waals surface area contributed by atoms with E-state index >= 15 is 0 Å². The molecule has 2 fully saturated rings. The van der Waals surface area contributed by atoms with Crippen LogP contribution >= 0.6 is 0 Å². The predicted molar refractivity (Wildman–Crippen MR) is 56.3 cm³/mol. The van der Waals surface area contributed by atoms with Crippen LogP contribution in [0.4, 0.5) is 13.2 Å². The number of hydrogen-bond acceptors (Lipinski definition) is 2. The molecule has 0 aromatic heterocycles. The van der Waals surface area contributed by atoms with Crippen molar-refractivity contribution in [3.05, 3.63) is 0 Å². The Morgan fingerprint density at radius 3 is 2.65 bits per heavy atom. The lowest BCUT2D eigenvalue weighted by Gasteiger charge is -2.35. The third kappa shape index (κ3) is 2.91. The van der Waals surface area contributed by atoms with E-state index in [1.165, 1.54) is 4.90 Å². The SMILES string of the molecule is O=C([C@@H]1CCNC1)N1CCC[C@@H](C(F)(F)F)C1. The average Bonchev–Trinajstić information content (AvgIpc) is 2.80. The van der Waals surface area contributed by atoms with E-state index in [9.17, 15) is 18.0 Å². The number of amides is 1. The zero-order valence-electron chi connectivity index (χ0n) is 9.59. The van der Waals surface area contributed by atoms with Crippen molar-refractivity contribution in [1.82, 2.24) is 10.2 Å². The Morgan fingerprint density at radius 1 is 1.29 bits per heavy atom. The molecular weight excluding hydrogens is 233 g/mol. The quantitative estimate of drug-likeness (QED) is 0.763. The van der Waals surface area contributed by atoms with Gasteiger partial charge in [0.1, 0.15) is 0 Å². The molecule has 2 aliphatic rings. The average molecular weight is 250 g/mol. The predicted octanol–water partition coefficient (Wildman–Crippen LogP) is 1.40. The molecule has 2 aliphatic heterocycles. The van der Waals surface area contributed by atoms with Crippen molar-refractivity contribution in [3.63, 3.8) is 0 Å². The summed E-state index contributed by atoms with van der Waals surface area (Å²) in [7, 11) is 0. The van der Waals surface area contributed by atoms with Crippen LogP contribution in [0.25, 0.3) is 0 Å². The summed E-state index contributed by atoms with van der Waals surface area (Å²) >= 11 is 0. The third-order valence-corrected chi connectivity index (χ3v) is 3.61. The van der Waals surface area contributed by atoms with Gasteiger partial charge >= 0.3 is 6.18 Å². The molecule has 6 heteroatoms. The summed E-state index contributed by atoms with van der Waals surface area (Å²) < 4.78 is 37.8. The molecule has 0 radical (unpaired) electrons. The van der Waals surface area contributed by atoms with Gasteiger partial charge in [-0.25, -0.2) is 0 Å². The fourth-order valence-corrected chi connectivity index (χ4v) is 2.57. The van der Waals surface area contributed by atoms with Gasteiger partial charge in [-0.2, -0.15) is 13.2 Å². The van der Waals surface area contributed by atoms with Crippen LogP contribution in [0.5, 0.6) is 0 Å². The van der Waals surface area contributed by atoms with Gasteiger partial charge in [0.25, 0.3) is 0 Å². The number of carbonyl (C=O) groups excluding carboxylic acids is 1. The summed E-state index contributed by atoms with van der Waals surface area (Å²) in [6, 6.07) is 0. The number of halogens is 3. The monoisotopic (exact) mass is 250 g/mol. The molecule has 0 aromatic carbocycles. The van der Waals surface area contributed by atoms with Crippen molar-refractivity contribution in [1.29, 1.82) is 0 Å². The molecule has 1 amide bonds. The first kappa shape index (κ1) is 12.7. The van der Waals surface area contributed by atoms with Gasteiger partial charge in [0.15, 0.2) is 0 Å². The Hall–Kier alpha value is -0.780. The zero-order valence-corrected chi connectivity index (χ0v) is 9.59. The molecule has 0 bridgehead atoms. The van der Waals surface area contributed by atoms with Crippen LogP contribution < -0.4 is 5.32 Å². The van der Waals surface area contributed by atoms with Gasteiger partial charge in [-0.05, 0) is 25.8 Å². The number of piperidine rings is 1. The summed E-state index contributed by atoms with van der Waals surface area (Å²) in [5.41, 5.74) is 0. The number of likely N-dealkylation sites (tertiary alicyclic amines) is 1. The van der Waals surface area contributed by atoms with Gasteiger partial charge in [-0.1, -0.05) is 0 Å². The van der Waals surface area contributed by atoms with Crippen molar-refractivity contribution in [2.24, 2.45) is 11.8 Å². The molecule has 3 nitrogen and oxygen atoms in total. The molecule has 17 heavy (non-hydrogen) atoms. The number of rotatable bonds is 1. The van der Waals surface area contributed by atoms with Crippen LogP contribution in [-0.2, 0) is 4.79 Å². The topological polar surface area (TPSA) is 32.3 Å². The van der Waals surface area contributed by atoms with Gasteiger partial charge in [0.2, 0.25) is 5.91 Å². The minimum Gasteiger partial charge on any atom is -0.342 e. The van der Waals surface area contributed by atoms with Crippen molar-refractivity contribution in [3.8, 4) is 0 Å². The van der Waals surface area contributed by atoms with E-state index in [1.807, 2.05) is 0 Å². The third-order valence-electron chi connectivity index (χ3n) is 3.61. The second-order valence-electron chi connectivity index (χ2n) is 4.85. The lowest BCUT2D eigenvalue weighted by Crippen LogP contribution is -2.47. The molecular formula is C11H17F3N2O. The van der Waals surface area contributed by atoms with Crippen LogP contribution in [-0.4, -0.2) is 43.2 Å². The normalized spacial score (nSPS) is 30.6. The fourth-order valence-electron chi connectivity index (χ4n) is 2.57. The summed E-state index contributed by atoms with van der Waals surface area (Å²) in [4.78, 5) is 13.4. The van der Waals surface area contributed by atoms with Crippen LogP contribution in [0, 0.1) is 11.8 Å². The lowest BCUT2D eigenvalue weighted by atomic mass is 9.96. The molecule has 0 spiro atoms. The number of alkyl halides is 3. The first-order valence-corrected chi connectivity index (χ1v) is 6.04. The van der Waals surface area contributed by atoms with Crippen molar-refractivity contribution < 1.29 is 18.0 Å². The van der Waals surface area contributed by atoms with E-state index < -0.39 is 12.1 Å². The summed E-state index contributed by atoms with van der Waals surface area (Å²) in [6.07, 6.45) is -2.83. The maximum atomic E-state index is 12.6. The van der Waals surface area contributed by atoms with Crippen LogP contribution in [0.2, 0.25) is 0 Å². The lowest BCUT2D eigenvalue weighted by molar-refractivity contribution is -0.188. The smallest absolute Gasteiger partial charge is 0.342 e.